The quantitative estimate of drug-likeness (QED) is 0.174. The van der Waals surface area contributed by atoms with E-state index in [0.717, 1.165) is 77.8 Å². The molecule has 0 N–H and O–H groups in total. The summed E-state index contributed by atoms with van der Waals surface area (Å²) in [4.78, 5) is 2.43. The van der Waals surface area contributed by atoms with E-state index in [0.29, 0.717) is 0 Å². The fraction of sp³-hybridized carbons (Fsp3) is 0.0847. The van der Waals surface area contributed by atoms with Gasteiger partial charge in [-0.3, -0.25) is 0 Å². The maximum Gasteiger partial charge on any atom is 0.137 e. The van der Waals surface area contributed by atoms with Crippen LogP contribution in [0.2, 0.25) is 0 Å². The highest BCUT2D eigenvalue weighted by molar-refractivity contribution is 6.18. The van der Waals surface area contributed by atoms with Gasteiger partial charge >= 0.3 is 0 Å². The molecule has 0 unspecified atom stereocenters. The molecular weight excluding hydrogens is 769 g/mol. The summed E-state index contributed by atoms with van der Waals surface area (Å²) in [5, 5.41) is 6.75. The minimum absolute atomic E-state index is 0. The number of para-hydroxylation sites is 3. The van der Waals surface area contributed by atoms with E-state index >= 15 is 0 Å². The Morgan fingerprint density at radius 2 is 0.984 bits per heavy atom. The molecular formula is C59H46N2O2. The minimum atomic E-state index is -0.167. The third-order valence-electron chi connectivity index (χ3n) is 13.2. The third-order valence-corrected chi connectivity index (χ3v) is 13.2. The van der Waals surface area contributed by atoms with Gasteiger partial charge in [-0.25, -0.2) is 0 Å². The van der Waals surface area contributed by atoms with Crippen molar-refractivity contribution >= 4 is 82.7 Å². The molecule has 0 fully saturated rings. The summed E-state index contributed by atoms with van der Waals surface area (Å²) in [6.45, 7) is 4.69. The van der Waals surface area contributed by atoms with Gasteiger partial charge in [0.15, 0.2) is 0 Å². The predicted molar refractivity (Wildman–Crippen MR) is 266 cm³/mol. The van der Waals surface area contributed by atoms with Crippen molar-refractivity contribution in [1.29, 1.82) is 0 Å². The maximum atomic E-state index is 6.73. The van der Waals surface area contributed by atoms with Gasteiger partial charge in [0.25, 0.3) is 0 Å². The van der Waals surface area contributed by atoms with Gasteiger partial charge in [0.05, 0.1) is 33.2 Å². The van der Waals surface area contributed by atoms with Gasteiger partial charge in [0.2, 0.25) is 0 Å². The number of furan rings is 2. The van der Waals surface area contributed by atoms with E-state index in [9.17, 15) is 0 Å². The Morgan fingerprint density at radius 3 is 1.76 bits per heavy atom. The summed E-state index contributed by atoms with van der Waals surface area (Å²) in [5.41, 5.74) is 17.5. The van der Waals surface area contributed by atoms with Crippen LogP contribution < -0.4 is 4.90 Å². The van der Waals surface area contributed by atoms with Crippen LogP contribution in [0.1, 0.15) is 39.8 Å². The molecule has 0 spiro atoms. The Bertz CT molecular complexity index is 3750. The SMILES string of the molecule is C.C.CC1(C)c2ccccc2-c2ccc(N(c3cccc4oc5ccccc5c34)c3cccc4oc5ccc(-c6ccc7c(c6)c6ccccc6n7-c6ccccc6)cc5c34)cc21. The molecule has 4 heteroatoms. The summed E-state index contributed by atoms with van der Waals surface area (Å²) in [5.74, 6) is 0. The lowest BCUT2D eigenvalue weighted by Gasteiger charge is -2.29. The molecule has 4 nitrogen and oxygen atoms in total. The Balaban J connectivity index is 0.00000222. The van der Waals surface area contributed by atoms with Crippen LogP contribution in [0.15, 0.2) is 203 Å². The molecule has 13 rings (SSSR count). The molecule has 1 aliphatic rings. The van der Waals surface area contributed by atoms with Gasteiger partial charge in [-0.1, -0.05) is 138 Å². The molecule has 0 bridgehead atoms. The summed E-state index contributed by atoms with van der Waals surface area (Å²) in [7, 11) is 0. The molecule has 0 saturated carbocycles. The number of fused-ring (bicyclic) bond motifs is 12. The van der Waals surface area contributed by atoms with Crippen molar-refractivity contribution < 1.29 is 8.83 Å². The van der Waals surface area contributed by atoms with Gasteiger partial charge in [-0.15, -0.1) is 0 Å². The molecule has 0 aliphatic heterocycles. The highest BCUT2D eigenvalue weighted by atomic mass is 16.3. The zero-order valence-electron chi connectivity index (χ0n) is 33.7. The van der Waals surface area contributed by atoms with Crippen LogP contribution in [-0.4, -0.2) is 4.57 Å². The number of hydrogen-bond acceptors (Lipinski definition) is 3. The van der Waals surface area contributed by atoms with Gasteiger partial charge in [-0.2, -0.15) is 0 Å². The van der Waals surface area contributed by atoms with Crippen molar-refractivity contribution in [2.24, 2.45) is 0 Å². The number of hydrogen-bond donors (Lipinski definition) is 0. The number of rotatable bonds is 5. The fourth-order valence-electron chi connectivity index (χ4n) is 10.4. The largest absolute Gasteiger partial charge is 0.456 e. The number of benzene rings is 9. The van der Waals surface area contributed by atoms with E-state index in [1.807, 2.05) is 6.07 Å². The molecule has 0 atom stereocenters. The van der Waals surface area contributed by atoms with Crippen molar-refractivity contribution in [3.63, 3.8) is 0 Å². The monoisotopic (exact) mass is 814 g/mol. The standard InChI is InChI=1S/C57H38N2O2.2CH4/c1-57(2)45-19-9-6-16-39(45)40-29-28-38(34-46(40)57)59(49-21-12-24-53-55(49)42-18-8-11-23-51(42)60-53)50-22-13-25-54-56(50)44-33-36(27-31-52(44)61-54)35-26-30-48-43(32-35)41-17-7-10-20-47(41)58(48)37-14-4-3-5-15-37;;/h3-34H,1-2H3;2*1H4. The molecule has 1 aliphatic carbocycles. The Morgan fingerprint density at radius 1 is 0.413 bits per heavy atom. The zero-order valence-corrected chi connectivity index (χ0v) is 33.7. The van der Waals surface area contributed by atoms with E-state index in [1.165, 1.54) is 44.1 Å². The maximum absolute atomic E-state index is 6.73. The van der Waals surface area contributed by atoms with E-state index in [4.69, 9.17) is 8.83 Å². The molecule has 0 saturated heterocycles. The second-order valence-electron chi connectivity index (χ2n) is 16.9. The van der Waals surface area contributed by atoms with Crippen molar-refractivity contribution in [2.75, 3.05) is 4.90 Å². The Kier molecular flexibility index (Phi) is 8.54. The average Bonchev–Trinajstić information content (AvgIpc) is 4.03. The number of anilines is 3. The van der Waals surface area contributed by atoms with Gasteiger partial charge < -0.3 is 18.3 Å². The van der Waals surface area contributed by atoms with Crippen molar-refractivity contribution in [3.05, 3.63) is 205 Å². The third kappa shape index (κ3) is 5.47. The topological polar surface area (TPSA) is 34.5 Å². The summed E-state index contributed by atoms with van der Waals surface area (Å²) in [6, 6.07) is 69.9. The Hall–Kier alpha value is -7.82. The number of aromatic nitrogens is 1. The normalized spacial score (nSPS) is 12.8. The van der Waals surface area contributed by atoms with Crippen LogP contribution in [0.5, 0.6) is 0 Å². The van der Waals surface area contributed by atoms with Crippen LogP contribution in [0.4, 0.5) is 17.1 Å². The van der Waals surface area contributed by atoms with E-state index in [2.05, 4.69) is 211 Å². The van der Waals surface area contributed by atoms with Crippen molar-refractivity contribution in [2.45, 2.75) is 34.1 Å². The summed E-state index contributed by atoms with van der Waals surface area (Å²) < 4.78 is 15.6. The van der Waals surface area contributed by atoms with Crippen LogP contribution >= 0.6 is 0 Å². The van der Waals surface area contributed by atoms with Gasteiger partial charge in [-0.05, 0) is 118 Å². The molecule has 0 amide bonds. The lowest BCUT2D eigenvalue weighted by Crippen LogP contribution is -2.16. The smallest absolute Gasteiger partial charge is 0.137 e. The lowest BCUT2D eigenvalue weighted by molar-refractivity contribution is 0.660. The molecule has 3 aromatic heterocycles. The predicted octanol–water partition coefficient (Wildman–Crippen LogP) is 17.3. The molecule has 304 valence electrons. The van der Waals surface area contributed by atoms with Crippen molar-refractivity contribution in [3.8, 4) is 27.9 Å². The van der Waals surface area contributed by atoms with Crippen LogP contribution in [0, 0.1) is 0 Å². The fourth-order valence-corrected chi connectivity index (χ4v) is 10.4. The molecule has 63 heavy (non-hydrogen) atoms. The first-order valence-electron chi connectivity index (χ1n) is 21.0. The second kappa shape index (κ2) is 14.1. The summed E-state index contributed by atoms with van der Waals surface area (Å²) in [6.07, 6.45) is 0. The summed E-state index contributed by atoms with van der Waals surface area (Å²) >= 11 is 0. The first-order valence-corrected chi connectivity index (χ1v) is 21.0. The Labute approximate surface area is 366 Å². The van der Waals surface area contributed by atoms with Crippen LogP contribution in [0.25, 0.3) is 93.6 Å². The average molecular weight is 815 g/mol. The highest BCUT2D eigenvalue weighted by Gasteiger charge is 2.36. The van der Waals surface area contributed by atoms with Crippen LogP contribution in [-0.2, 0) is 5.41 Å². The van der Waals surface area contributed by atoms with Gasteiger partial charge in [0, 0.05) is 38.3 Å². The molecule has 12 aromatic rings. The van der Waals surface area contributed by atoms with Crippen molar-refractivity contribution in [1.82, 2.24) is 4.57 Å². The first kappa shape index (κ1) is 38.1. The molecule has 0 radical (unpaired) electrons. The lowest BCUT2D eigenvalue weighted by atomic mass is 9.82. The molecule has 3 heterocycles. The zero-order chi connectivity index (χ0) is 40.4. The molecule has 9 aromatic carbocycles. The second-order valence-corrected chi connectivity index (χ2v) is 16.9. The van der Waals surface area contributed by atoms with E-state index in [-0.39, 0.29) is 20.3 Å². The van der Waals surface area contributed by atoms with Gasteiger partial charge in [0.1, 0.15) is 22.3 Å². The highest BCUT2D eigenvalue weighted by Crippen LogP contribution is 2.53. The van der Waals surface area contributed by atoms with Crippen LogP contribution in [0.3, 0.4) is 0 Å². The number of nitrogens with zero attached hydrogens (tertiary/aromatic N) is 2. The minimum Gasteiger partial charge on any atom is -0.456 e. The first-order chi connectivity index (χ1) is 30.0. The van der Waals surface area contributed by atoms with E-state index in [1.54, 1.807) is 0 Å². The van der Waals surface area contributed by atoms with E-state index < -0.39 is 0 Å².